The number of benzene rings is 2. The molecule has 0 unspecified atom stereocenters. The summed E-state index contributed by atoms with van der Waals surface area (Å²) in [6.07, 6.45) is 3.55. The summed E-state index contributed by atoms with van der Waals surface area (Å²) in [5.41, 5.74) is 0.649. The SMILES string of the molecule is CC(C)(C)OC(=O)NCC=Cc1ccc2sc3ccccc3c2c1. The van der Waals surface area contributed by atoms with Gasteiger partial charge in [-0.3, -0.25) is 0 Å². The van der Waals surface area contributed by atoms with Crippen molar-refractivity contribution in [2.24, 2.45) is 0 Å². The van der Waals surface area contributed by atoms with Gasteiger partial charge in [0.1, 0.15) is 5.60 Å². The lowest BCUT2D eigenvalue weighted by atomic mass is 10.1. The lowest BCUT2D eigenvalue weighted by molar-refractivity contribution is 0.0534. The van der Waals surface area contributed by atoms with E-state index in [0.29, 0.717) is 6.54 Å². The van der Waals surface area contributed by atoms with E-state index in [0.717, 1.165) is 5.56 Å². The normalized spacial score (nSPS) is 12.1. The van der Waals surface area contributed by atoms with E-state index in [-0.39, 0.29) is 0 Å². The van der Waals surface area contributed by atoms with Crippen LogP contribution in [0, 0.1) is 0 Å². The van der Waals surface area contributed by atoms with E-state index in [1.54, 1.807) is 0 Å². The van der Waals surface area contributed by atoms with E-state index in [1.807, 2.05) is 44.3 Å². The number of fused-ring (bicyclic) bond motifs is 3. The van der Waals surface area contributed by atoms with Crippen molar-refractivity contribution in [2.75, 3.05) is 6.54 Å². The van der Waals surface area contributed by atoms with Crippen molar-refractivity contribution in [3.05, 3.63) is 54.1 Å². The minimum atomic E-state index is -0.473. The molecule has 0 aliphatic rings. The standard InChI is InChI=1S/C20H21NO2S/c1-20(2,3)23-19(22)21-12-6-7-14-10-11-18-16(13-14)15-8-4-5-9-17(15)24-18/h4-11,13H,12H2,1-3H3,(H,21,22). The van der Waals surface area contributed by atoms with Gasteiger partial charge in [-0.05, 0) is 44.5 Å². The fraction of sp³-hybridized carbons (Fsp3) is 0.250. The Morgan fingerprint density at radius 1 is 1.12 bits per heavy atom. The van der Waals surface area contributed by atoms with Crippen LogP contribution in [0.3, 0.4) is 0 Å². The van der Waals surface area contributed by atoms with Crippen LogP contribution < -0.4 is 5.32 Å². The maximum atomic E-state index is 11.6. The Balaban J connectivity index is 1.69. The highest BCUT2D eigenvalue weighted by atomic mass is 32.1. The lowest BCUT2D eigenvalue weighted by Gasteiger charge is -2.19. The van der Waals surface area contributed by atoms with E-state index in [2.05, 4.69) is 47.8 Å². The molecule has 4 heteroatoms. The minimum Gasteiger partial charge on any atom is -0.444 e. The summed E-state index contributed by atoms with van der Waals surface area (Å²) in [5.74, 6) is 0. The fourth-order valence-electron chi connectivity index (χ4n) is 2.50. The zero-order chi connectivity index (χ0) is 17.2. The maximum Gasteiger partial charge on any atom is 0.407 e. The second-order valence-electron chi connectivity index (χ2n) is 6.64. The number of ether oxygens (including phenoxy) is 1. The number of thiophene rings is 1. The average molecular weight is 339 g/mol. The number of carbonyl (C=O) groups excluding carboxylic acids is 1. The lowest BCUT2D eigenvalue weighted by Crippen LogP contribution is -2.32. The molecule has 1 amide bonds. The zero-order valence-corrected chi connectivity index (χ0v) is 14.9. The van der Waals surface area contributed by atoms with Gasteiger partial charge >= 0.3 is 6.09 Å². The third kappa shape index (κ3) is 3.95. The third-order valence-electron chi connectivity index (χ3n) is 3.47. The summed E-state index contributed by atoms with van der Waals surface area (Å²) < 4.78 is 7.80. The Morgan fingerprint density at radius 2 is 1.88 bits per heavy atom. The van der Waals surface area contributed by atoms with Gasteiger partial charge in [-0.2, -0.15) is 0 Å². The van der Waals surface area contributed by atoms with E-state index in [9.17, 15) is 4.79 Å². The topological polar surface area (TPSA) is 38.3 Å². The molecule has 124 valence electrons. The average Bonchev–Trinajstić information content (AvgIpc) is 2.88. The summed E-state index contributed by atoms with van der Waals surface area (Å²) in [6, 6.07) is 14.9. The monoisotopic (exact) mass is 339 g/mol. The summed E-state index contributed by atoms with van der Waals surface area (Å²) >= 11 is 1.81. The Morgan fingerprint density at radius 3 is 2.67 bits per heavy atom. The molecule has 3 nitrogen and oxygen atoms in total. The molecule has 0 aliphatic carbocycles. The fourth-order valence-corrected chi connectivity index (χ4v) is 3.59. The quantitative estimate of drug-likeness (QED) is 0.675. The predicted molar refractivity (Wildman–Crippen MR) is 103 cm³/mol. The van der Waals surface area contributed by atoms with Gasteiger partial charge in [-0.25, -0.2) is 4.79 Å². The Hall–Kier alpha value is -2.33. The van der Waals surface area contributed by atoms with Crippen LogP contribution >= 0.6 is 11.3 Å². The molecule has 0 saturated heterocycles. The van der Waals surface area contributed by atoms with Crippen LogP contribution in [0.15, 0.2) is 48.5 Å². The number of carbonyl (C=O) groups is 1. The molecule has 24 heavy (non-hydrogen) atoms. The van der Waals surface area contributed by atoms with Crippen molar-refractivity contribution in [1.82, 2.24) is 5.32 Å². The number of amides is 1. The summed E-state index contributed by atoms with van der Waals surface area (Å²) in [4.78, 5) is 11.6. The van der Waals surface area contributed by atoms with Gasteiger partial charge < -0.3 is 10.1 Å². The molecule has 0 aliphatic heterocycles. The van der Waals surface area contributed by atoms with Crippen molar-refractivity contribution in [3.63, 3.8) is 0 Å². The second-order valence-corrected chi connectivity index (χ2v) is 7.72. The number of rotatable bonds is 3. The van der Waals surface area contributed by atoms with Crippen LogP contribution in [0.4, 0.5) is 4.79 Å². The predicted octanol–water partition coefficient (Wildman–Crippen LogP) is 5.59. The maximum absolute atomic E-state index is 11.6. The Labute approximate surface area is 145 Å². The molecule has 3 aromatic rings. The van der Waals surface area contributed by atoms with Crippen LogP contribution in [0.25, 0.3) is 26.2 Å². The van der Waals surface area contributed by atoms with Crippen LogP contribution in [-0.4, -0.2) is 18.2 Å². The highest BCUT2D eigenvalue weighted by Gasteiger charge is 2.14. The van der Waals surface area contributed by atoms with Gasteiger partial charge in [0, 0.05) is 26.7 Å². The summed E-state index contributed by atoms with van der Waals surface area (Å²) in [5, 5.41) is 5.29. The molecule has 2 aromatic carbocycles. The molecule has 1 heterocycles. The first kappa shape index (κ1) is 16.5. The van der Waals surface area contributed by atoms with Crippen molar-refractivity contribution in [2.45, 2.75) is 26.4 Å². The molecule has 0 bridgehead atoms. The van der Waals surface area contributed by atoms with Gasteiger partial charge in [0.05, 0.1) is 0 Å². The minimum absolute atomic E-state index is 0.397. The first-order valence-electron chi connectivity index (χ1n) is 7.97. The van der Waals surface area contributed by atoms with E-state index >= 15 is 0 Å². The van der Waals surface area contributed by atoms with Gasteiger partial charge in [0.25, 0.3) is 0 Å². The van der Waals surface area contributed by atoms with Crippen LogP contribution in [0.1, 0.15) is 26.3 Å². The number of alkyl carbamates (subject to hydrolysis) is 1. The van der Waals surface area contributed by atoms with E-state index in [4.69, 9.17) is 4.74 Å². The van der Waals surface area contributed by atoms with Crippen LogP contribution in [0.2, 0.25) is 0 Å². The molecule has 0 saturated carbocycles. The first-order chi connectivity index (χ1) is 11.4. The molecular formula is C20H21NO2S. The molecule has 1 aromatic heterocycles. The van der Waals surface area contributed by atoms with Crippen LogP contribution in [0.5, 0.6) is 0 Å². The van der Waals surface area contributed by atoms with Gasteiger partial charge in [0.15, 0.2) is 0 Å². The molecule has 0 fully saturated rings. The molecule has 0 atom stereocenters. The molecule has 3 rings (SSSR count). The second kappa shape index (κ2) is 6.65. The highest BCUT2D eigenvalue weighted by molar-refractivity contribution is 7.25. The molecular weight excluding hydrogens is 318 g/mol. The van der Waals surface area contributed by atoms with Gasteiger partial charge in [-0.15, -0.1) is 11.3 Å². The molecule has 1 N–H and O–H groups in total. The number of hydrogen-bond acceptors (Lipinski definition) is 3. The van der Waals surface area contributed by atoms with E-state index < -0.39 is 11.7 Å². The Bertz CT molecular complexity index is 903. The van der Waals surface area contributed by atoms with Gasteiger partial charge in [0.2, 0.25) is 0 Å². The van der Waals surface area contributed by atoms with Crippen LogP contribution in [-0.2, 0) is 4.74 Å². The third-order valence-corrected chi connectivity index (χ3v) is 4.63. The Kier molecular flexibility index (Phi) is 4.58. The van der Waals surface area contributed by atoms with Crippen molar-refractivity contribution < 1.29 is 9.53 Å². The zero-order valence-electron chi connectivity index (χ0n) is 14.1. The van der Waals surface area contributed by atoms with Crippen molar-refractivity contribution >= 4 is 43.7 Å². The molecule has 0 radical (unpaired) electrons. The van der Waals surface area contributed by atoms with Crippen molar-refractivity contribution in [3.8, 4) is 0 Å². The van der Waals surface area contributed by atoms with Gasteiger partial charge in [-0.1, -0.05) is 36.4 Å². The first-order valence-corrected chi connectivity index (χ1v) is 8.79. The van der Waals surface area contributed by atoms with Crippen molar-refractivity contribution in [1.29, 1.82) is 0 Å². The summed E-state index contributed by atoms with van der Waals surface area (Å²) in [6.45, 7) is 5.99. The largest absolute Gasteiger partial charge is 0.444 e. The number of nitrogens with one attached hydrogen (secondary N) is 1. The van der Waals surface area contributed by atoms with E-state index in [1.165, 1.54) is 20.2 Å². The molecule has 0 spiro atoms. The smallest absolute Gasteiger partial charge is 0.407 e. The summed E-state index contributed by atoms with van der Waals surface area (Å²) in [7, 11) is 0. The number of hydrogen-bond donors (Lipinski definition) is 1. The highest BCUT2D eigenvalue weighted by Crippen LogP contribution is 2.34.